The Morgan fingerprint density at radius 3 is 2.85 bits per heavy atom. The molecule has 5 rings (SSSR count). The molecule has 0 unspecified atom stereocenters. The van der Waals surface area contributed by atoms with Gasteiger partial charge in [-0.1, -0.05) is 24.3 Å². The Morgan fingerprint density at radius 1 is 1.12 bits per heavy atom. The summed E-state index contributed by atoms with van der Waals surface area (Å²) in [6.45, 7) is 3.88. The fourth-order valence-corrected chi connectivity index (χ4v) is 4.89. The zero-order chi connectivity index (χ0) is 23.7. The highest BCUT2D eigenvalue weighted by atomic mass is 16.4. The number of hydrogen-bond acceptors (Lipinski definition) is 6. The number of rotatable bonds is 5. The Labute approximate surface area is 197 Å². The van der Waals surface area contributed by atoms with Crippen LogP contribution in [0, 0.1) is 5.92 Å². The van der Waals surface area contributed by atoms with Crippen LogP contribution in [0.1, 0.15) is 5.56 Å². The van der Waals surface area contributed by atoms with Crippen LogP contribution in [-0.4, -0.2) is 65.0 Å². The molecule has 2 aromatic heterocycles. The number of likely N-dealkylation sites (N-methyl/N-ethyl adjacent to an activating group) is 1. The summed E-state index contributed by atoms with van der Waals surface area (Å²) in [5.74, 6) is -0.102. The van der Waals surface area contributed by atoms with Crippen molar-refractivity contribution in [1.82, 2.24) is 19.4 Å². The van der Waals surface area contributed by atoms with E-state index >= 15 is 0 Å². The van der Waals surface area contributed by atoms with Crippen molar-refractivity contribution in [1.29, 1.82) is 0 Å². The van der Waals surface area contributed by atoms with E-state index in [9.17, 15) is 9.59 Å². The molecule has 1 atom stereocenters. The predicted octanol–water partition coefficient (Wildman–Crippen LogP) is 2.72. The van der Waals surface area contributed by atoms with Crippen LogP contribution in [0.3, 0.4) is 0 Å². The number of amides is 1. The topological polar surface area (TPSA) is 83.6 Å². The molecular weight excluding hydrogens is 430 g/mol. The number of nitrogens with zero attached hydrogens (tertiary/aromatic N) is 4. The molecule has 1 fully saturated rings. The van der Waals surface area contributed by atoms with Gasteiger partial charge >= 0.3 is 5.76 Å². The summed E-state index contributed by atoms with van der Waals surface area (Å²) in [5, 5.41) is 4.11. The highest BCUT2D eigenvalue weighted by Crippen LogP contribution is 2.22. The van der Waals surface area contributed by atoms with Crippen LogP contribution in [0.5, 0.6) is 0 Å². The lowest BCUT2D eigenvalue weighted by molar-refractivity contribution is -0.117. The zero-order valence-corrected chi connectivity index (χ0v) is 19.5. The molecule has 1 N–H and O–H groups in total. The second kappa shape index (κ2) is 9.40. The minimum atomic E-state index is -0.417. The number of anilines is 1. The van der Waals surface area contributed by atoms with Gasteiger partial charge in [-0.3, -0.25) is 19.2 Å². The number of para-hydroxylation sites is 1. The second-order valence-electron chi connectivity index (χ2n) is 9.22. The van der Waals surface area contributed by atoms with Crippen LogP contribution in [0.15, 0.2) is 63.9 Å². The Bertz CT molecular complexity index is 1390. The summed E-state index contributed by atoms with van der Waals surface area (Å²) in [5.41, 5.74) is 4.09. The van der Waals surface area contributed by atoms with E-state index < -0.39 is 5.76 Å². The molecular formula is C26H29N5O3. The molecule has 1 aliphatic rings. The molecule has 8 nitrogen and oxygen atoms in total. The maximum Gasteiger partial charge on any atom is 0.419 e. The van der Waals surface area contributed by atoms with Crippen LogP contribution < -0.4 is 11.1 Å². The Morgan fingerprint density at radius 2 is 1.97 bits per heavy atom. The third kappa shape index (κ3) is 4.73. The van der Waals surface area contributed by atoms with E-state index in [-0.39, 0.29) is 5.91 Å². The van der Waals surface area contributed by atoms with Crippen LogP contribution in [0.4, 0.5) is 5.69 Å². The average Bonchev–Trinajstić information content (AvgIpc) is 2.98. The van der Waals surface area contributed by atoms with Crippen molar-refractivity contribution in [2.24, 2.45) is 13.0 Å². The number of benzene rings is 2. The van der Waals surface area contributed by atoms with E-state index in [0.29, 0.717) is 29.2 Å². The summed E-state index contributed by atoms with van der Waals surface area (Å²) in [7, 11) is 3.80. The fraction of sp³-hybridized carbons (Fsp3) is 0.346. The molecule has 3 heterocycles. The third-order valence-corrected chi connectivity index (χ3v) is 6.55. The number of hydrogen-bond donors (Lipinski definition) is 1. The molecule has 4 aromatic rings. The first-order chi connectivity index (χ1) is 16.5. The van der Waals surface area contributed by atoms with Crippen molar-refractivity contribution < 1.29 is 9.21 Å². The lowest BCUT2D eigenvalue weighted by atomic mass is 9.96. The van der Waals surface area contributed by atoms with E-state index in [4.69, 9.17) is 4.42 Å². The average molecular weight is 460 g/mol. The summed E-state index contributed by atoms with van der Waals surface area (Å²) in [4.78, 5) is 33.7. The Kier molecular flexibility index (Phi) is 6.17. The number of oxazole rings is 1. The van der Waals surface area contributed by atoms with Gasteiger partial charge in [-0.25, -0.2) is 4.79 Å². The SMILES string of the molecule is CN1CCN(CC(=O)Nc2ccc3c(c2)oc(=O)n3C)C[C@H](Cc2cccc3cccnc23)C1. The highest BCUT2D eigenvalue weighted by molar-refractivity contribution is 5.94. The molecule has 176 valence electrons. The van der Waals surface area contributed by atoms with E-state index in [1.807, 2.05) is 12.3 Å². The van der Waals surface area contributed by atoms with Crippen LogP contribution >= 0.6 is 0 Å². The summed E-state index contributed by atoms with van der Waals surface area (Å²) in [6, 6.07) is 15.7. The predicted molar refractivity (Wildman–Crippen MR) is 133 cm³/mol. The number of aryl methyl sites for hydroxylation is 1. The van der Waals surface area contributed by atoms with Gasteiger partial charge in [0.2, 0.25) is 5.91 Å². The number of carbonyl (C=O) groups is 1. The maximum absolute atomic E-state index is 12.8. The van der Waals surface area contributed by atoms with Crippen molar-refractivity contribution >= 4 is 33.6 Å². The number of nitrogens with one attached hydrogen (secondary N) is 1. The largest absolute Gasteiger partial charge is 0.419 e. The summed E-state index contributed by atoms with van der Waals surface area (Å²) < 4.78 is 6.68. The van der Waals surface area contributed by atoms with Gasteiger partial charge in [0.1, 0.15) is 0 Å². The molecule has 0 spiro atoms. The molecule has 0 radical (unpaired) electrons. The maximum atomic E-state index is 12.8. The fourth-order valence-electron chi connectivity index (χ4n) is 4.89. The first-order valence-electron chi connectivity index (χ1n) is 11.6. The van der Waals surface area contributed by atoms with Gasteiger partial charge in [0.15, 0.2) is 5.58 Å². The minimum Gasteiger partial charge on any atom is -0.408 e. The first-order valence-corrected chi connectivity index (χ1v) is 11.6. The smallest absolute Gasteiger partial charge is 0.408 e. The molecule has 2 aromatic carbocycles. The van der Waals surface area contributed by atoms with Crippen molar-refractivity contribution in [3.63, 3.8) is 0 Å². The third-order valence-electron chi connectivity index (χ3n) is 6.55. The van der Waals surface area contributed by atoms with E-state index in [1.165, 1.54) is 10.1 Å². The standard InChI is InChI=1S/C26H29N5O3/c1-29-11-12-31(16-18(15-29)13-20-6-3-5-19-7-4-10-27-25(19)20)17-24(32)28-21-8-9-22-23(14-21)34-26(33)30(22)2/h3-10,14,18H,11-13,15-17H2,1-2H3,(H,28,32)/t18-/m1/s1. The van der Waals surface area contributed by atoms with E-state index in [0.717, 1.165) is 43.5 Å². The lowest BCUT2D eigenvalue weighted by Crippen LogP contribution is -2.37. The van der Waals surface area contributed by atoms with Crippen LogP contribution in [0.2, 0.25) is 0 Å². The quantitative estimate of drug-likeness (QED) is 0.494. The van der Waals surface area contributed by atoms with Gasteiger partial charge < -0.3 is 14.6 Å². The van der Waals surface area contributed by atoms with Crippen molar-refractivity contribution in [2.45, 2.75) is 6.42 Å². The second-order valence-corrected chi connectivity index (χ2v) is 9.22. The van der Waals surface area contributed by atoms with Crippen LogP contribution in [0.25, 0.3) is 22.0 Å². The van der Waals surface area contributed by atoms with Crippen LogP contribution in [-0.2, 0) is 18.3 Å². The summed E-state index contributed by atoms with van der Waals surface area (Å²) >= 11 is 0. The molecule has 0 aliphatic carbocycles. The van der Waals surface area contributed by atoms with Gasteiger partial charge in [-0.2, -0.15) is 0 Å². The lowest BCUT2D eigenvalue weighted by Gasteiger charge is -2.24. The van der Waals surface area contributed by atoms with E-state index in [2.05, 4.69) is 51.4 Å². The molecule has 1 saturated heterocycles. The highest BCUT2D eigenvalue weighted by Gasteiger charge is 2.23. The number of carbonyl (C=O) groups excluding carboxylic acids is 1. The van der Waals surface area contributed by atoms with Gasteiger partial charge in [-0.15, -0.1) is 0 Å². The molecule has 8 heteroatoms. The van der Waals surface area contributed by atoms with Crippen molar-refractivity contribution in [2.75, 3.05) is 45.1 Å². The monoisotopic (exact) mass is 459 g/mol. The van der Waals surface area contributed by atoms with Gasteiger partial charge in [0.05, 0.1) is 17.6 Å². The molecule has 1 amide bonds. The van der Waals surface area contributed by atoms with E-state index in [1.54, 1.807) is 25.2 Å². The molecule has 0 bridgehead atoms. The first kappa shape index (κ1) is 22.3. The Hall–Kier alpha value is -3.49. The van der Waals surface area contributed by atoms with Gasteiger partial charge in [-0.05, 0) is 43.1 Å². The number of fused-ring (bicyclic) bond motifs is 2. The summed E-state index contributed by atoms with van der Waals surface area (Å²) in [6.07, 6.45) is 2.76. The minimum absolute atomic E-state index is 0.0761. The number of aromatic nitrogens is 2. The molecule has 34 heavy (non-hydrogen) atoms. The molecule has 1 aliphatic heterocycles. The normalized spacial score (nSPS) is 17.8. The Balaban J connectivity index is 1.27. The molecule has 0 saturated carbocycles. The zero-order valence-electron chi connectivity index (χ0n) is 19.5. The van der Waals surface area contributed by atoms with Crippen molar-refractivity contribution in [3.05, 3.63) is 70.8 Å². The van der Waals surface area contributed by atoms with Gasteiger partial charge in [0, 0.05) is 56.6 Å². The van der Waals surface area contributed by atoms with Gasteiger partial charge in [0.25, 0.3) is 0 Å². The van der Waals surface area contributed by atoms with Crippen molar-refractivity contribution in [3.8, 4) is 0 Å². The number of pyridine rings is 1.